The van der Waals surface area contributed by atoms with Crippen LogP contribution in [-0.2, 0) is 11.3 Å². The minimum Gasteiger partial charge on any atom is -0.383 e. The first-order valence-electron chi connectivity index (χ1n) is 6.36. The number of halogens is 1. The van der Waals surface area contributed by atoms with E-state index in [1.54, 1.807) is 17.7 Å². The van der Waals surface area contributed by atoms with E-state index in [0.717, 1.165) is 4.47 Å². The average Bonchev–Trinajstić information content (AvgIpc) is 2.48. The normalized spacial score (nSPS) is 10.7. The summed E-state index contributed by atoms with van der Waals surface area (Å²) in [6, 6.07) is 7.54. The predicted octanol–water partition coefficient (Wildman–Crippen LogP) is 2.81. The summed E-state index contributed by atoms with van der Waals surface area (Å²) < 4.78 is 7.51. The fraction of sp³-hybridized carbons (Fsp3) is 0.357. The number of nitriles is 1. The number of thioether (sulfide) groups is 1. The van der Waals surface area contributed by atoms with Crippen LogP contribution in [0.1, 0.15) is 6.42 Å². The monoisotopic (exact) mass is 367 g/mol. The molecule has 0 aliphatic heterocycles. The molecule has 0 atom stereocenters. The summed E-state index contributed by atoms with van der Waals surface area (Å²) in [7, 11) is 1.60. The van der Waals surface area contributed by atoms with Crippen LogP contribution in [-0.4, -0.2) is 29.0 Å². The van der Waals surface area contributed by atoms with Gasteiger partial charge in [0.25, 0.3) is 5.56 Å². The van der Waals surface area contributed by atoms with Gasteiger partial charge in [-0.05, 0) is 18.2 Å². The molecule has 0 unspecified atom stereocenters. The highest BCUT2D eigenvalue weighted by molar-refractivity contribution is 9.10. The molecule has 7 heteroatoms. The summed E-state index contributed by atoms with van der Waals surface area (Å²) in [4.78, 5) is 17.2. The quantitative estimate of drug-likeness (QED) is 0.446. The van der Waals surface area contributed by atoms with E-state index in [4.69, 9.17) is 10.00 Å². The fourth-order valence-electron chi connectivity index (χ4n) is 1.85. The SMILES string of the molecule is COCCn1c(SCCC#N)nc2ccc(Br)cc2c1=O. The summed E-state index contributed by atoms with van der Waals surface area (Å²) in [6.07, 6.45) is 0.420. The largest absolute Gasteiger partial charge is 0.383 e. The van der Waals surface area contributed by atoms with E-state index in [1.165, 1.54) is 11.8 Å². The molecule has 1 aromatic heterocycles. The molecule has 2 aromatic rings. The molecule has 1 heterocycles. The smallest absolute Gasteiger partial charge is 0.262 e. The molecule has 21 heavy (non-hydrogen) atoms. The van der Waals surface area contributed by atoms with Gasteiger partial charge in [0.05, 0.1) is 30.1 Å². The van der Waals surface area contributed by atoms with Crippen molar-refractivity contribution >= 4 is 38.6 Å². The van der Waals surface area contributed by atoms with Crippen molar-refractivity contribution in [1.82, 2.24) is 9.55 Å². The van der Waals surface area contributed by atoms with Gasteiger partial charge in [-0.25, -0.2) is 4.98 Å². The van der Waals surface area contributed by atoms with Crippen LogP contribution < -0.4 is 5.56 Å². The molecule has 0 saturated heterocycles. The van der Waals surface area contributed by atoms with Gasteiger partial charge in [-0.3, -0.25) is 9.36 Å². The minimum atomic E-state index is -0.0854. The predicted molar refractivity (Wildman–Crippen MR) is 86.5 cm³/mol. The Labute approximate surface area is 135 Å². The Balaban J connectivity index is 2.51. The maximum absolute atomic E-state index is 12.6. The number of methoxy groups -OCH3 is 1. The van der Waals surface area contributed by atoms with Crippen molar-refractivity contribution in [2.24, 2.45) is 0 Å². The fourth-order valence-corrected chi connectivity index (χ4v) is 3.08. The lowest BCUT2D eigenvalue weighted by Crippen LogP contribution is -2.25. The Morgan fingerprint density at radius 2 is 2.33 bits per heavy atom. The minimum absolute atomic E-state index is 0.0854. The van der Waals surface area contributed by atoms with Gasteiger partial charge in [0, 0.05) is 23.8 Å². The summed E-state index contributed by atoms with van der Waals surface area (Å²) >= 11 is 4.79. The number of ether oxygens (including phenoxy) is 1. The molecule has 0 spiro atoms. The third-order valence-electron chi connectivity index (χ3n) is 2.85. The molecule has 110 valence electrons. The lowest BCUT2D eigenvalue weighted by Gasteiger charge is -2.12. The molecular formula is C14H14BrN3O2S. The highest BCUT2D eigenvalue weighted by atomic mass is 79.9. The topological polar surface area (TPSA) is 67.9 Å². The zero-order valence-electron chi connectivity index (χ0n) is 11.5. The average molecular weight is 368 g/mol. The van der Waals surface area contributed by atoms with Crippen molar-refractivity contribution < 1.29 is 4.74 Å². The number of benzene rings is 1. The Bertz CT molecular complexity index is 739. The molecular weight excluding hydrogens is 354 g/mol. The second-order valence-electron chi connectivity index (χ2n) is 4.26. The molecule has 0 radical (unpaired) electrons. The molecule has 5 nitrogen and oxygen atoms in total. The van der Waals surface area contributed by atoms with Gasteiger partial charge in [-0.2, -0.15) is 5.26 Å². The van der Waals surface area contributed by atoms with Gasteiger partial charge in [-0.1, -0.05) is 27.7 Å². The van der Waals surface area contributed by atoms with Crippen LogP contribution in [0.25, 0.3) is 10.9 Å². The third-order valence-corrected chi connectivity index (χ3v) is 4.32. The summed E-state index contributed by atoms with van der Waals surface area (Å²) in [5.41, 5.74) is 0.578. The van der Waals surface area contributed by atoms with E-state index >= 15 is 0 Å². The van der Waals surface area contributed by atoms with E-state index in [-0.39, 0.29) is 5.56 Å². The van der Waals surface area contributed by atoms with E-state index in [9.17, 15) is 4.79 Å². The number of aromatic nitrogens is 2. The zero-order valence-corrected chi connectivity index (χ0v) is 13.9. The standard InChI is InChI=1S/C14H14BrN3O2S/c1-20-7-6-18-13(19)11-9-10(15)3-4-12(11)17-14(18)21-8-2-5-16/h3-4,9H,2,6-8H2,1H3. The van der Waals surface area contributed by atoms with Crippen LogP contribution >= 0.6 is 27.7 Å². The van der Waals surface area contributed by atoms with Gasteiger partial charge in [0.2, 0.25) is 0 Å². The highest BCUT2D eigenvalue weighted by Crippen LogP contribution is 2.20. The first-order valence-corrected chi connectivity index (χ1v) is 8.14. The zero-order chi connectivity index (χ0) is 15.2. The van der Waals surface area contributed by atoms with E-state index in [2.05, 4.69) is 27.0 Å². The highest BCUT2D eigenvalue weighted by Gasteiger charge is 2.11. The van der Waals surface area contributed by atoms with Crippen molar-refractivity contribution in [3.8, 4) is 6.07 Å². The van der Waals surface area contributed by atoms with Crippen molar-refractivity contribution in [2.75, 3.05) is 19.5 Å². The molecule has 0 bridgehead atoms. The van der Waals surface area contributed by atoms with Crippen LogP contribution in [0.5, 0.6) is 0 Å². The number of hydrogen-bond acceptors (Lipinski definition) is 5. The lowest BCUT2D eigenvalue weighted by molar-refractivity contribution is 0.183. The molecule has 1 aromatic carbocycles. The Kier molecular flexibility index (Phi) is 5.79. The molecule has 0 aliphatic rings. The van der Waals surface area contributed by atoms with E-state index in [1.807, 2.05) is 12.1 Å². The van der Waals surface area contributed by atoms with Crippen molar-refractivity contribution in [3.05, 3.63) is 33.0 Å². The number of rotatable bonds is 6. The van der Waals surface area contributed by atoms with Crippen molar-refractivity contribution in [3.63, 3.8) is 0 Å². The van der Waals surface area contributed by atoms with E-state index in [0.29, 0.717) is 41.4 Å². The molecule has 2 rings (SSSR count). The second kappa shape index (κ2) is 7.59. The maximum atomic E-state index is 12.6. The van der Waals surface area contributed by atoms with Crippen molar-refractivity contribution in [1.29, 1.82) is 5.26 Å². The maximum Gasteiger partial charge on any atom is 0.262 e. The van der Waals surface area contributed by atoms with Crippen molar-refractivity contribution in [2.45, 2.75) is 18.1 Å². The van der Waals surface area contributed by atoms with Gasteiger partial charge in [0.15, 0.2) is 5.16 Å². The molecule has 0 amide bonds. The van der Waals surface area contributed by atoms with Gasteiger partial charge < -0.3 is 4.74 Å². The Morgan fingerprint density at radius 1 is 1.52 bits per heavy atom. The molecule has 0 fully saturated rings. The number of hydrogen-bond donors (Lipinski definition) is 0. The van der Waals surface area contributed by atoms with Crippen LogP contribution in [0.2, 0.25) is 0 Å². The first kappa shape index (κ1) is 16.0. The Morgan fingerprint density at radius 3 is 3.05 bits per heavy atom. The van der Waals surface area contributed by atoms with Gasteiger partial charge >= 0.3 is 0 Å². The summed E-state index contributed by atoms with van der Waals surface area (Å²) in [6.45, 7) is 0.882. The molecule has 0 aliphatic carbocycles. The van der Waals surface area contributed by atoms with Gasteiger partial charge in [-0.15, -0.1) is 0 Å². The number of nitrogens with zero attached hydrogens (tertiary/aromatic N) is 3. The van der Waals surface area contributed by atoms with Crippen LogP contribution in [0.4, 0.5) is 0 Å². The lowest BCUT2D eigenvalue weighted by atomic mass is 10.2. The van der Waals surface area contributed by atoms with Gasteiger partial charge in [0.1, 0.15) is 0 Å². The molecule has 0 N–H and O–H groups in total. The summed E-state index contributed by atoms with van der Waals surface area (Å²) in [5, 5.41) is 9.84. The first-order chi connectivity index (χ1) is 10.2. The second-order valence-corrected chi connectivity index (χ2v) is 6.24. The van der Waals surface area contributed by atoms with E-state index < -0.39 is 0 Å². The van der Waals surface area contributed by atoms with Crippen LogP contribution in [0.3, 0.4) is 0 Å². The summed E-state index contributed by atoms with van der Waals surface area (Å²) in [5.74, 6) is 0.609. The van der Waals surface area contributed by atoms with Crippen LogP contribution in [0, 0.1) is 11.3 Å². The third kappa shape index (κ3) is 3.84. The molecule has 0 saturated carbocycles. The van der Waals surface area contributed by atoms with Crippen LogP contribution in [0.15, 0.2) is 32.6 Å². The number of fused-ring (bicyclic) bond motifs is 1. The Hall–Kier alpha value is -1.36.